The van der Waals surface area contributed by atoms with E-state index in [4.69, 9.17) is 5.26 Å². The standard InChI is InChI=1S/C12H9N3OS/c13-5-9-1-2-11(14-6-9)12(16)15-7-10-3-4-17-8-10/h1-4,6,8H,7H2,(H,15,16). The molecule has 2 heterocycles. The molecule has 0 aliphatic heterocycles. The highest BCUT2D eigenvalue weighted by Gasteiger charge is 2.06. The van der Waals surface area contributed by atoms with Gasteiger partial charge in [0, 0.05) is 12.7 Å². The molecule has 0 fully saturated rings. The molecule has 0 aliphatic rings. The van der Waals surface area contributed by atoms with E-state index in [0.29, 0.717) is 17.8 Å². The van der Waals surface area contributed by atoms with Crippen molar-refractivity contribution in [1.82, 2.24) is 10.3 Å². The number of nitriles is 1. The second kappa shape index (κ2) is 5.23. The number of amides is 1. The van der Waals surface area contributed by atoms with Crippen molar-refractivity contribution in [3.63, 3.8) is 0 Å². The van der Waals surface area contributed by atoms with Crippen molar-refractivity contribution < 1.29 is 4.79 Å². The summed E-state index contributed by atoms with van der Waals surface area (Å²) in [6.45, 7) is 0.490. The highest BCUT2D eigenvalue weighted by Crippen LogP contribution is 2.05. The Morgan fingerprint density at radius 3 is 2.94 bits per heavy atom. The number of thiophene rings is 1. The topological polar surface area (TPSA) is 65.8 Å². The second-order valence-electron chi connectivity index (χ2n) is 3.36. The molecule has 0 aliphatic carbocycles. The summed E-state index contributed by atoms with van der Waals surface area (Å²) in [6.07, 6.45) is 1.39. The maximum Gasteiger partial charge on any atom is 0.270 e. The highest BCUT2D eigenvalue weighted by molar-refractivity contribution is 7.07. The molecule has 0 saturated carbocycles. The third kappa shape index (κ3) is 2.89. The van der Waals surface area contributed by atoms with E-state index in [1.807, 2.05) is 22.9 Å². The van der Waals surface area contributed by atoms with Crippen LogP contribution >= 0.6 is 11.3 Å². The number of pyridine rings is 1. The third-order valence-electron chi connectivity index (χ3n) is 2.16. The molecule has 0 aromatic carbocycles. The van der Waals surface area contributed by atoms with Gasteiger partial charge in [-0.3, -0.25) is 4.79 Å². The number of rotatable bonds is 3. The number of nitrogens with one attached hydrogen (secondary N) is 1. The average molecular weight is 243 g/mol. The van der Waals surface area contributed by atoms with Gasteiger partial charge in [0.1, 0.15) is 11.8 Å². The van der Waals surface area contributed by atoms with Crippen LogP contribution in [0.1, 0.15) is 21.6 Å². The van der Waals surface area contributed by atoms with Crippen LogP contribution in [-0.4, -0.2) is 10.9 Å². The summed E-state index contributed by atoms with van der Waals surface area (Å²) in [5.41, 5.74) is 1.83. The van der Waals surface area contributed by atoms with Gasteiger partial charge in [-0.15, -0.1) is 0 Å². The molecule has 1 N–H and O–H groups in total. The third-order valence-corrected chi connectivity index (χ3v) is 2.89. The number of carbonyl (C=O) groups excluding carboxylic acids is 1. The largest absolute Gasteiger partial charge is 0.347 e. The van der Waals surface area contributed by atoms with E-state index >= 15 is 0 Å². The minimum Gasteiger partial charge on any atom is -0.347 e. The summed E-state index contributed by atoms with van der Waals surface area (Å²) in [4.78, 5) is 15.6. The predicted octanol–water partition coefficient (Wildman–Crippen LogP) is 1.94. The molecule has 0 bridgehead atoms. The lowest BCUT2D eigenvalue weighted by Gasteiger charge is -2.02. The van der Waals surface area contributed by atoms with Gasteiger partial charge in [0.15, 0.2) is 0 Å². The lowest BCUT2D eigenvalue weighted by molar-refractivity contribution is 0.0946. The molecule has 2 aromatic rings. The minimum absolute atomic E-state index is 0.235. The van der Waals surface area contributed by atoms with Gasteiger partial charge in [-0.05, 0) is 34.5 Å². The Kier molecular flexibility index (Phi) is 3.48. The summed E-state index contributed by atoms with van der Waals surface area (Å²) >= 11 is 1.59. The Hall–Kier alpha value is -2.19. The summed E-state index contributed by atoms with van der Waals surface area (Å²) < 4.78 is 0. The second-order valence-corrected chi connectivity index (χ2v) is 4.14. The fourth-order valence-electron chi connectivity index (χ4n) is 1.26. The van der Waals surface area contributed by atoms with E-state index < -0.39 is 0 Å². The summed E-state index contributed by atoms with van der Waals surface area (Å²) in [5, 5.41) is 15.3. The first-order valence-corrected chi connectivity index (χ1v) is 5.89. The summed E-state index contributed by atoms with van der Waals surface area (Å²) in [6, 6.07) is 7.03. The van der Waals surface area contributed by atoms with Crippen LogP contribution in [0, 0.1) is 11.3 Å². The van der Waals surface area contributed by atoms with E-state index in [-0.39, 0.29) is 5.91 Å². The molecule has 84 valence electrons. The molecule has 0 spiro atoms. The number of carbonyl (C=O) groups is 1. The van der Waals surface area contributed by atoms with E-state index in [0.717, 1.165) is 5.56 Å². The number of nitrogens with zero attached hydrogens (tertiary/aromatic N) is 2. The van der Waals surface area contributed by atoms with Crippen LogP contribution < -0.4 is 5.32 Å². The summed E-state index contributed by atoms with van der Waals surface area (Å²) in [7, 11) is 0. The molecule has 4 nitrogen and oxygen atoms in total. The fourth-order valence-corrected chi connectivity index (χ4v) is 1.93. The molecule has 0 radical (unpaired) electrons. The Labute approximate surface area is 103 Å². The fraction of sp³-hybridized carbons (Fsp3) is 0.0833. The Balaban J connectivity index is 1.97. The zero-order valence-electron chi connectivity index (χ0n) is 8.88. The normalized spacial score (nSPS) is 9.59. The van der Waals surface area contributed by atoms with E-state index in [1.165, 1.54) is 6.20 Å². The van der Waals surface area contributed by atoms with Gasteiger partial charge in [0.2, 0.25) is 0 Å². The molecule has 5 heteroatoms. The van der Waals surface area contributed by atoms with Crippen molar-refractivity contribution in [2.24, 2.45) is 0 Å². The first kappa shape index (κ1) is 11.3. The molecule has 0 atom stereocenters. The van der Waals surface area contributed by atoms with Crippen molar-refractivity contribution in [3.05, 3.63) is 52.0 Å². The van der Waals surface area contributed by atoms with E-state index in [9.17, 15) is 4.79 Å². The Bertz CT molecular complexity index is 540. The molecule has 1 amide bonds. The van der Waals surface area contributed by atoms with Gasteiger partial charge in [0.05, 0.1) is 5.56 Å². The quantitative estimate of drug-likeness (QED) is 0.896. The van der Waals surface area contributed by atoms with Gasteiger partial charge in [-0.25, -0.2) is 4.98 Å². The van der Waals surface area contributed by atoms with Gasteiger partial charge in [-0.2, -0.15) is 16.6 Å². The van der Waals surface area contributed by atoms with E-state index in [1.54, 1.807) is 23.5 Å². The maximum absolute atomic E-state index is 11.7. The van der Waals surface area contributed by atoms with Crippen LogP contribution in [0.4, 0.5) is 0 Å². The monoisotopic (exact) mass is 243 g/mol. The van der Waals surface area contributed by atoms with Crippen LogP contribution in [0.3, 0.4) is 0 Å². The summed E-state index contributed by atoms with van der Waals surface area (Å²) in [5.74, 6) is -0.235. The van der Waals surface area contributed by atoms with Crippen LogP contribution in [0.5, 0.6) is 0 Å². The van der Waals surface area contributed by atoms with Crippen LogP contribution in [0.2, 0.25) is 0 Å². The van der Waals surface area contributed by atoms with E-state index in [2.05, 4.69) is 10.3 Å². The smallest absolute Gasteiger partial charge is 0.270 e. The molecule has 17 heavy (non-hydrogen) atoms. The molecule has 0 unspecified atom stereocenters. The first-order chi connectivity index (χ1) is 8.29. The molecule has 0 saturated heterocycles. The molecule has 2 rings (SSSR count). The van der Waals surface area contributed by atoms with Crippen molar-refractivity contribution in [2.75, 3.05) is 0 Å². The van der Waals surface area contributed by atoms with Gasteiger partial charge in [-0.1, -0.05) is 0 Å². The molecular weight excluding hydrogens is 234 g/mol. The lowest BCUT2D eigenvalue weighted by atomic mass is 10.2. The number of hydrogen-bond donors (Lipinski definition) is 1. The number of aromatic nitrogens is 1. The number of hydrogen-bond acceptors (Lipinski definition) is 4. The van der Waals surface area contributed by atoms with Crippen LogP contribution in [-0.2, 0) is 6.54 Å². The maximum atomic E-state index is 11.7. The zero-order valence-corrected chi connectivity index (χ0v) is 9.70. The Morgan fingerprint density at radius 2 is 2.35 bits per heavy atom. The first-order valence-electron chi connectivity index (χ1n) is 4.95. The molecular formula is C12H9N3OS. The zero-order chi connectivity index (χ0) is 12.1. The minimum atomic E-state index is -0.235. The van der Waals surface area contributed by atoms with Crippen molar-refractivity contribution in [1.29, 1.82) is 5.26 Å². The van der Waals surface area contributed by atoms with Crippen molar-refractivity contribution in [2.45, 2.75) is 6.54 Å². The SMILES string of the molecule is N#Cc1ccc(C(=O)NCc2ccsc2)nc1. The highest BCUT2D eigenvalue weighted by atomic mass is 32.1. The van der Waals surface area contributed by atoms with Crippen LogP contribution in [0.15, 0.2) is 35.2 Å². The molecule has 2 aromatic heterocycles. The van der Waals surface area contributed by atoms with Crippen molar-refractivity contribution in [3.8, 4) is 6.07 Å². The van der Waals surface area contributed by atoms with Gasteiger partial charge < -0.3 is 5.32 Å². The lowest BCUT2D eigenvalue weighted by Crippen LogP contribution is -2.23. The van der Waals surface area contributed by atoms with Gasteiger partial charge >= 0.3 is 0 Å². The van der Waals surface area contributed by atoms with Crippen molar-refractivity contribution >= 4 is 17.2 Å². The average Bonchev–Trinajstić information content (AvgIpc) is 2.89. The van der Waals surface area contributed by atoms with Crippen LogP contribution in [0.25, 0.3) is 0 Å². The predicted molar refractivity (Wildman–Crippen MR) is 64.4 cm³/mol. The van der Waals surface area contributed by atoms with Gasteiger partial charge in [0.25, 0.3) is 5.91 Å². The Morgan fingerprint density at radius 1 is 1.47 bits per heavy atom.